The molecule has 0 saturated carbocycles. The summed E-state index contributed by atoms with van der Waals surface area (Å²) < 4.78 is 1.74. The molecule has 0 radical (unpaired) electrons. The molecule has 0 saturated heterocycles. The van der Waals surface area contributed by atoms with Crippen LogP contribution in [0.15, 0.2) is 55.0 Å². The molecular formula is C15H12ClN3. The van der Waals surface area contributed by atoms with Crippen LogP contribution in [-0.4, -0.2) is 14.8 Å². The summed E-state index contributed by atoms with van der Waals surface area (Å²) in [6.45, 7) is 2.08. The van der Waals surface area contributed by atoms with E-state index in [-0.39, 0.29) is 0 Å². The van der Waals surface area contributed by atoms with Gasteiger partial charge in [-0.3, -0.25) is 0 Å². The van der Waals surface area contributed by atoms with Crippen molar-refractivity contribution in [1.29, 1.82) is 0 Å². The van der Waals surface area contributed by atoms with Gasteiger partial charge in [0.05, 0.1) is 6.20 Å². The van der Waals surface area contributed by atoms with Crippen molar-refractivity contribution in [1.82, 2.24) is 14.8 Å². The summed E-state index contributed by atoms with van der Waals surface area (Å²) in [7, 11) is 0. The Morgan fingerprint density at radius 3 is 2.79 bits per heavy atom. The molecule has 1 aromatic carbocycles. The maximum absolute atomic E-state index is 6.07. The molecule has 94 valence electrons. The number of halogens is 1. The summed E-state index contributed by atoms with van der Waals surface area (Å²) in [5.41, 5.74) is 4.21. The van der Waals surface area contributed by atoms with Gasteiger partial charge in [0, 0.05) is 18.0 Å². The lowest BCUT2D eigenvalue weighted by atomic mass is 10.1. The van der Waals surface area contributed by atoms with Crippen molar-refractivity contribution >= 4 is 11.6 Å². The lowest BCUT2D eigenvalue weighted by molar-refractivity contribution is 0.874. The second-order valence-corrected chi connectivity index (χ2v) is 4.71. The average Bonchev–Trinajstić information content (AvgIpc) is 2.89. The first-order valence-corrected chi connectivity index (χ1v) is 6.34. The van der Waals surface area contributed by atoms with Gasteiger partial charge in [0.1, 0.15) is 5.69 Å². The van der Waals surface area contributed by atoms with Crippen LogP contribution < -0.4 is 0 Å². The molecule has 0 bridgehead atoms. The van der Waals surface area contributed by atoms with Gasteiger partial charge in [-0.1, -0.05) is 41.4 Å². The molecule has 19 heavy (non-hydrogen) atoms. The van der Waals surface area contributed by atoms with Crippen LogP contribution in [0.1, 0.15) is 5.56 Å². The van der Waals surface area contributed by atoms with E-state index >= 15 is 0 Å². The summed E-state index contributed by atoms with van der Waals surface area (Å²) in [5, 5.41) is 4.79. The molecule has 3 nitrogen and oxygen atoms in total. The van der Waals surface area contributed by atoms with E-state index in [1.165, 1.54) is 5.56 Å². The van der Waals surface area contributed by atoms with Crippen molar-refractivity contribution in [2.45, 2.75) is 6.92 Å². The summed E-state index contributed by atoms with van der Waals surface area (Å²) in [6, 6.07) is 12.0. The first kappa shape index (κ1) is 11.9. The molecule has 0 spiro atoms. The number of aryl methyl sites for hydroxylation is 1. The molecule has 2 aromatic heterocycles. The number of nitrogens with zero attached hydrogens (tertiary/aromatic N) is 3. The molecule has 3 aromatic rings. The quantitative estimate of drug-likeness (QED) is 0.661. The Hall–Kier alpha value is -2.13. The topological polar surface area (TPSA) is 30.7 Å². The zero-order valence-electron chi connectivity index (χ0n) is 10.4. The molecule has 0 aliphatic carbocycles. The van der Waals surface area contributed by atoms with Gasteiger partial charge >= 0.3 is 0 Å². The minimum absolute atomic E-state index is 0.446. The van der Waals surface area contributed by atoms with Crippen LogP contribution in [0.3, 0.4) is 0 Å². The van der Waals surface area contributed by atoms with Crippen molar-refractivity contribution in [3.63, 3.8) is 0 Å². The Bertz CT molecular complexity index is 719. The Morgan fingerprint density at radius 1 is 1.11 bits per heavy atom. The van der Waals surface area contributed by atoms with Crippen LogP contribution in [0.5, 0.6) is 0 Å². The molecule has 0 fully saturated rings. The lowest BCUT2D eigenvalue weighted by Gasteiger charge is -2.02. The van der Waals surface area contributed by atoms with Gasteiger partial charge in [-0.05, 0) is 24.6 Å². The third-order valence-corrected chi connectivity index (χ3v) is 3.21. The van der Waals surface area contributed by atoms with E-state index < -0.39 is 0 Å². The van der Waals surface area contributed by atoms with Gasteiger partial charge in [0.15, 0.2) is 5.15 Å². The van der Waals surface area contributed by atoms with Gasteiger partial charge in [0.2, 0.25) is 0 Å². The number of aromatic nitrogens is 3. The first-order valence-electron chi connectivity index (χ1n) is 5.96. The largest absolute Gasteiger partial charge is 0.242 e. The number of hydrogen-bond donors (Lipinski definition) is 0. The summed E-state index contributed by atoms with van der Waals surface area (Å²) in [5.74, 6) is 0. The Kier molecular flexibility index (Phi) is 3.05. The van der Waals surface area contributed by atoms with Crippen LogP contribution in [0.4, 0.5) is 0 Å². The summed E-state index contributed by atoms with van der Waals surface area (Å²) >= 11 is 6.07. The van der Waals surface area contributed by atoms with Crippen molar-refractivity contribution in [3.8, 4) is 16.8 Å². The predicted octanol–water partition coefficient (Wildman–Crippen LogP) is 3.90. The molecule has 2 heterocycles. The number of benzene rings is 1. The molecule has 0 amide bonds. The van der Waals surface area contributed by atoms with E-state index in [0.717, 1.165) is 16.8 Å². The van der Waals surface area contributed by atoms with Gasteiger partial charge in [-0.2, -0.15) is 5.10 Å². The maximum atomic E-state index is 6.07. The van der Waals surface area contributed by atoms with E-state index in [1.807, 2.05) is 30.6 Å². The molecule has 4 heteroatoms. The highest BCUT2D eigenvalue weighted by atomic mass is 35.5. The van der Waals surface area contributed by atoms with Crippen LogP contribution in [0.2, 0.25) is 5.15 Å². The summed E-state index contributed by atoms with van der Waals surface area (Å²) in [6.07, 6.45) is 5.45. The zero-order chi connectivity index (χ0) is 13.2. The molecule has 0 N–H and O–H groups in total. The molecule has 3 rings (SSSR count). The van der Waals surface area contributed by atoms with Crippen LogP contribution in [-0.2, 0) is 0 Å². The van der Waals surface area contributed by atoms with Gasteiger partial charge in [-0.25, -0.2) is 9.67 Å². The van der Waals surface area contributed by atoms with Crippen molar-refractivity contribution in [2.24, 2.45) is 0 Å². The predicted molar refractivity (Wildman–Crippen MR) is 76.5 cm³/mol. The monoisotopic (exact) mass is 269 g/mol. The van der Waals surface area contributed by atoms with Crippen molar-refractivity contribution in [3.05, 3.63) is 65.7 Å². The van der Waals surface area contributed by atoms with Crippen LogP contribution >= 0.6 is 11.6 Å². The molecule has 0 atom stereocenters. The van der Waals surface area contributed by atoms with Crippen LogP contribution in [0, 0.1) is 6.92 Å². The second kappa shape index (κ2) is 4.86. The van der Waals surface area contributed by atoms with E-state index in [4.69, 9.17) is 11.6 Å². The minimum Gasteiger partial charge on any atom is -0.242 e. The molecule has 0 aliphatic heterocycles. The Morgan fingerprint density at radius 2 is 2.00 bits per heavy atom. The highest BCUT2D eigenvalue weighted by Crippen LogP contribution is 2.23. The fourth-order valence-electron chi connectivity index (χ4n) is 1.98. The highest BCUT2D eigenvalue weighted by Gasteiger charge is 2.06. The second-order valence-electron chi connectivity index (χ2n) is 4.36. The lowest BCUT2D eigenvalue weighted by Crippen LogP contribution is -1.95. The third kappa shape index (κ3) is 2.37. The minimum atomic E-state index is 0.446. The standard InChI is InChI=1S/C15H12ClN3/c1-11-4-2-5-12(8-11)13-9-18-19(10-13)14-6-3-7-17-15(14)16/h2-10H,1H3. The Balaban J connectivity index is 2.03. The van der Waals surface area contributed by atoms with Gasteiger partial charge in [-0.15, -0.1) is 0 Å². The highest BCUT2D eigenvalue weighted by molar-refractivity contribution is 6.31. The fourth-order valence-corrected chi connectivity index (χ4v) is 2.18. The maximum Gasteiger partial charge on any atom is 0.154 e. The zero-order valence-corrected chi connectivity index (χ0v) is 11.2. The van der Waals surface area contributed by atoms with Gasteiger partial charge < -0.3 is 0 Å². The molecule has 0 unspecified atom stereocenters. The van der Waals surface area contributed by atoms with E-state index in [9.17, 15) is 0 Å². The normalized spacial score (nSPS) is 10.6. The third-order valence-electron chi connectivity index (χ3n) is 2.92. The van der Waals surface area contributed by atoms with Crippen molar-refractivity contribution < 1.29 is 0 Å². The Labute approximate surface area is 116 Å². The van der Waals surface area contributed by atoms with Crippen molar-refractivity contribution in [2.75, 3.05) is 0 Å². The molecular weight excluding hydrogens is 258 g/mol. The average molecular weight is 270 g/mol. The SMILES string of the molecule is Cc1cccc(-c2cnn(-c3cccnc3Cl)c2)c1. The fraction of sp³-hybridized carbons (Fsp3) is 0.0667. The number of rotatable bonds is 2. The summed E-state index contributed by atoms with van der Waals surface area (Å²) in [4.78, 5) is 4.06. The first-order chi connectivity index (χ1) is 9.24. The molecule has 0 aliphatic rings. The number of pyridine rings is 1. The van der Waals surface area contributed by atoms with E-state index in [2.05, 4.69) is 35.2 Å². The van der Waals surface area contributed by atoms with Crippen LogP contribution in [0.25, 0.3) is 16.8 Å². The smallest absolute Gasteiger partial charge is 0.154 e. The van der Waals surface area contributed by atoms with E-state index in [0.29, 0.717) is 5.15 Å². The van der Waals surface area contributed by atoms with E-state index in [1.54, 1.807) is 10.9 Å². The number of hydrogen-bond acceptors (Lipinski definition) is 2. The van der Waals surface area contributed by atoms with Gasteiger partial charge in [0.25, 0.3) is 0 Å².